The zero-order valence-corrected chi connectivity index (χ0v) is 47.6. The highest BCUT2D eigenvalue weighted by atomic mass is 32.2. The SMILES string of the molecule is CC(C)(C)C(=O)OC[C@H]1S[C@@H](OC[C@H]2O[C@@H](Oc3ccc([N+](=O)[O-])cc3)[C@H](OC(=O)c3ccccc3)[C@@H](OC(=O)c3ccccc3)[C@@H]2OC(=O)c2ccccc2)[C@H](OC(=O)C(C)(C)C)[C@@H](OC(=O)C(C)(C)C)[C@@H]1OC(=O)C(C)(C)C. The Morgan fingerprint density at radius 3 is 1.29 bits per heavy atom. The van der Waals surface area contributed by atoms with Crippen LogP contribution in [0.15, 0.2) is 115 Å². The van der Waals surface area contributed by atoms with Crippen LogP contribution in [0.25, 0.3) is 0 Å². The Morgan fingerprint density at radius 1 is 0.475 bits per heavy atom. The highest BCUT2D eigenvalue weighted by molar-refractivity contribution is 8.00. The standard InChI is InChI=1S/C59H69NO19S/c1-56(2,3)52(64)71-33-40-42(77-53(65)57(4,5)6)44(78-54(66)58(7,8)9)46(79-55(67)59(10,11)12)51(80-40)70-32-39-41(74-47(61)34-22-16-13-17-23-34)43(75-48(62)35-24-18-14-19-25-35)45(76-49(63)36-26-20-15-21-27-36)50(73-39)72-38-30-28-37(29-31-38)60(68)69/h13-31,39-46,50-51H,32-33H2,1-12H3/t39-,40-,41-,42-,43+,44+,45-,46-,50-,51-/m1/s1. The van der Waals surface area contributed by atoms with Gasteiger partial charge < -0.3 is 47.4 Å². The van der Waals surface area contributed by atoms with Crippen LogP contribution < -0.4 is 4.74 Å². The minimum absolute atomic E-state index is 0.0405. The summed E-state index contributed by atoms with van der Waals surface area (Å²) in [5.41, 5.74) is -6.06. The molecule has 2 aliphatic heterocycles. The number of nitro benzene ring substituents is 1. The van der Waals surface area contributed by atoms with Gasteiger partial charge in [-0.1, -0.05) is 54.6 Å². The van der Waals surface area contributed by atoms with E-state index in [0.717, 1.165) is 23.9 Å². The van der Waals surface area contributed by atoms with Crippen molar-refractivity contribution >= 4 is 59.2 Å². The zero-order valence-electron chi connectivity index (χ0n) is 46.8. The second-order valence-corrected chi connectivity index (χ2v) is 24.5. The fourth-order valence-electron chi connectivity index (χ4n) is 7.60. The van der Waals surface area contributed by atoms with Crippen LogP contribution in [0.5, 0.6) is 5.75 Å². The fraction of sp³-hybridized carbons (Fsp3) is 0.475. The molecule has 2 saturated heterocycles. The molecule has 0 amide bonds. The van der Waals surface area contributed by atoms with E-state index in [4.69, 9.17) is 47.4 Å². The van der Waals surface area contributed by atoms with E-state index in [-0.39, 0.29) is 28.1 Å². The first-order valence-electron chi connectivity index (χ1n) is 25.8. The Labute approximate surface area is 468 Å². The maximum absolute atomic E-state index is 14.4. The van der Waals surface area contributed by atoms with Gasteiger partial charge in [-0.3, -0.25) is 29.3 Å². The lowest BCUT2D eigenvalue weighted by molar-refractivity contribution is -0.384. The van der Waals surface area contributed by atoms with Gasteiger partial charge in [0.15, 0.2) is 30.5 Å². The van der Waals surface area contributed by atoms with Crippen molar-refractivity contribution in [1.82, 2.24) is 0 Å². The van der Waals surface area contributed by atoms with E-state index in [1.54, 1.807) is 138 Å². The van der Waals surface area contributed by atoms with E-state index in [2.05, 4.69) is 0 Å². The molecule has 0 N–H and O–H groups in total. The minimum atomic E-state index is -1.81. The number of nitrogens with zero attached hydrogens (tertiary/aromatic N) is 1. The van der Waals surface area contributed by atoms with Crippen LogP contribution in [0.4, 0.5) is 5.69 Å². The van der Waals surface area contributed by atoms with Crippen LogP contribution in [0, 0.1) is 31.8 Å². The summed E-state index contributed by atoms with van der Waals surface area (Å²) in [5.74, 6) is -5.84. The van der Waals surface area contributed by atoms with E-state index < -0.39 is 141 Å². The third kappa shape index (κ3) is 16.4. The molecular formula is C59H69NO19S. The lowest BCUT2D eigenvalue weighted by Crippen LogP contribution is -2.64. The highest BCUT2D eigenvalue weighted by Gasteiger charge is 2.57. The molecule has 2 fully saturated rings. The Kier molecular flexibility index (Phi) is 20.0. The van der Waals surface area contributed by atoms with Crippen LogP contribution in [0.3, 0.4) is 0 Å². The van der Waals surface area contributed by atoms with Gasteiger partial charge in [-0.2, -0.15) is 0 Å². The first kappa shape index (κ1) is 61.8. The molecule has 4 aromatic carbocycles. The Bertz CT molecular complexity index is 2820. The molecular weight excluding hydrogens is 1060 g/mol. The Balaban J connectivity index is 1.53. The third-order valence-electron chi connectivity index (χ3n) is 12.2. The average molecular weight is 1130 g/mol. The molecule has 4 aromatic rings. The van der Waals surface area contributed by atoms with Crippen molar-refractivity contribution < 1.29 is 85.9 Å². The van der Waals surface area contributed by atoms with Crippen molar-refractivity contribution in [3.8, 4) is 5.75 Å². The number of thioether (sulfide) groups is 1. The fourth-order valence-corrected chi connectivity index (χ4v) is 8.98. The minimum Gasteiger partial charge on any atom is -0.464 e. The van der Waals surface area contributed by atoms with Gasteiger partial charge in [0.2, 0.25) is 12.4 Å². The maximum Gasteiger partial charge on any atom is 0.338 e. The molecule has 0 unspecified atom stereocenters. The summed E-state index contributed by atoms with van der Waals surface area (Å²) in [6.45, 7) is 18.2. The van der Waals surface area contributed by atoms with E-state index in [0.29, 0.717) is 0 Å². The largest absolute Gasteiger partial charge is 0.464 e. The Hall–Kier alpha value is -7.36. The number of non-ortho nitro benzene ring substituents is 1. The van der Waals surface area contributed by atoms with Crippen molar-refractivity contribution in [3.63, 3.8) is 0 Å². The molecule has 430 valence electrons. The molecule has 2 aliphatic rings. The van der Waals surface area contributed by atoms with Gasteiger partial charge in [0, 0.05) is 12.1 Å². The summed E-state index contributed by atoms with van der Waals surface area (Å²) in [7, 11) is 0. The summed E-state index contributed by atoms with van der Waals surface area (Å²) < 4.78 is 63.1. The van der Waals surface area contributed by atoms with Crippen molar-refractivity contribution in [2.75, 3.05) is 13.2 Å². The highest BCUT2D eigenvalue weighted by Crippen LogP contribution is 2.42. The number of rotatable bonds is 17. The lowest BCUT2D eigenvalue weighted by atomic mass is 9.94. The van der Waals surface area contributed by atoms with Gasteiger partial charge in [0.1, 0.15) is 23.9 Å². The predicted octanol–water partition coefficient (Wildman–Crippen LogP) is 9.30. The molecule has 6 rings (SSSR count). The first-order valence-corrected chi connectivity index (χ1v) is 26.8. The number of nitro groups is 1. The van der Waals surface area contributed by atoms with Crippen molar-refractivity contribution in [3.05, 3.63) is 142 Å². The monoisotopic (exact) mass is 1130 g/mol. The molecule has 0 aliphatic carbocycles. The molecule has 80 heavy (non-hydrogen) atoms. The first-order chi connectivity index (χ1) is 37.4. The van der Waals surface area contributed by atoms with Crippen molar-refractivity contribution in [2.45, 2.75) is 143 Å². The molecule has 0 bridgehead atoms. The van der Waals surface area contributed by atoms with E-state index in [1.165, 1.54) is 48.5 Å². The van der Waals surface area contributed by atoms with Gasteiger partial charge in [-0.25, -0.2) is 14.4 Å². The average Bonchev–Trinajstić information content (AvgIpc) is 3.39. The second-order valence-electron chi connectivity index (χ2n) is 23.2. The molecule has 0 aromatic heterocycles. The molecule has 21 heteroatoms. The zero-order chi connectivity index (χ0) is 58.9. The van der Waals surface area contributed by atoms with Gasteiger partial charge in [0.05, 0.1) is 55.1 Å². The van der Waals surface area contributed by atoms with E-state index in [9.17, 15) is 43.7 Å². The second kappa shape index (κ2) is 25.8. The quantitative estimate of drug-likeness (QED) is 0.0413. The van der Waals surface area contributed by atoms with Gasteiger partial charge >= 0.3 is 41.8 Å². The van der Waals surface area contributed by atoms with Crippen molar-refractivity contribution in [1.29, 1.82) is 0 Å². The van der Waals surface area contributed by atoms with Gasteiger partial charge in [-0.15, -0.1) is 11.8 Å². The van der Waals surface area contributed by atoms with E-state index in [1.807, 2.05) is 0 Å². The number of esters is 7. The number of carbonyl (C=O) groups is 7. The number of ether oxygens (including phenoxy) is 10. The number of hydrogen-bond acceptors (Lipinski definition) is 20. The van der Waals surface area contributed by atoms with Gasteiger partial charge in [-0.05, 0) is 132 Å². The predicted molar refractivity (Wildman–Crippen MR) is 289 cm³/mol. The summed E-state index contributed by atoms with van der Waals surface area (Å²) in [6, 6.07) is 28.2. The van der Waals surface area contributed by atoms with Crippen LogP contribution in [-0.4, -0.2) is 120 Å². The van der Waals surface area contributed by atoms with Crippen LogP contribution >= 0.6 is 11.8 Å². The number of carbonyl (C=O) groups excluding carboxylic acids is 7. The molecule has 0 saturated carbocycles. The smallest absolute Gasteiger partial charge is 0.338 e. The topological polar surface area (TPSA) is 255 Å². The summed E-state index contributed by atoms with van der Waals surface area (Å²) in [6.07, 6.45) is -13.5. The third-order valence-corrected chi connectivity index (χ3v) is 13.6. The number of benzene rings is 4. The lowest BCUT2D eigenvalue weighted by Gasteiger charge is -2.47. The molecule has 0 radical (unpaired) electrons. The number of hydrogen-bond donors (Lipinski definition) is 0. The molecule has 20 nitrogen and oxygen atoms in total. The van der Waals surface area contributed by atoms with Crippen LogP contribution in [0.2, 0.25) is 0 Å². The normalized spacial score (nSPS) is 23.2. The summed E-state index contributed by atoms with van der Waals surface area (Å²) in [5, 5.41) is 10.6. The molecule has 10 atom stereocenters. The summed E-state index contributed by atoms with van der Waals surface area (Å²) in [4.78, 5) is 110. The van der Waals surface area contributed by atoms with Crippen LogP contribution in [-0.2, 0) is 61.8 Å². The van der Waals surface area contributed by atoms with Gasteiger partial charge in [0.25, 0.3) is 5.69 Å². The molecule has 0 spiro atoms. The summed E-state index contributed by atoms with van der Waals surface area (Å²) >= 11 is 0.917. The van der Waals surface area contributed by atoms with Crippen molar-refractivity contribution in [2.24, 2.45) is 21.7 Å². The Morgan fingerprint density at radius 2 is 0.863 bits per heavy atom. The molecule has 2 heterocycles. The van der Waals surface area contributed by atoms with E-state index >= 15 is 0 Å². The van der Waals surface area contributed by atoms with Crippen LogP contribution in [0.1, 0.15) is 114 Å². The maximum atomic E-state index is 14.4.